The molecule has 0 spiro atoms. The minimum absolute atomic E-state index is 0.000496. The Kier molecular flexibility index (Phi) is 5.96. The van der Waals surface area contributed by atoms with Crippen LogP contribution in [0.3, 0.4) is 0 Å². The largest absolute Gasteiger partial charge is 0.473 e. The fraction of sp³-hybridized carbons (Fsp3) is 0.105. The SMILES string of the molecule is C#CCOc1c(Cl)cc(C=Nn2c(C)nc3ccc(Br)cc3c2=O)cc1[N+](=O)[O-]. The zero-order chi connectivity index (χ0) is 21.1. The van der Waals surface area contributed by atoms with Crippen molar-refractivity contribution in [2.45, 2.75) is 6.92 Å². The Bertz CT molecular complexity index is 1260. The molecule has 0 fully saturated rings. The standard InChI is InChI=1S/C19H12BrClN4O4/c1-3-6-29-18-15(21)7-12(8-17(18)25(27)28)10-22-24-11(2)23-16-5-4-13(20)9-14(16)19(24)26/h1,4-5,7-10H,6H2,2H3. The summed E-state index contributed by atoms with van der Waals surface area (Å²) in [5.41, 5.74) is 0.102. The molecule has 1 heterocycles. The second kappa shape index (κ2) is 8.43. The van der Waals surface area contributed by atoms with Gasteiger partial charge < -0.3 is 4.74 Å². The molecule has 0 N–H and O–H groups in total. The molecule has 0 aliphatic heterocycles. The molecule has 0 radical (unpaired) electrons. The average Bonchev–Trinajstić information content (AvgIpc) is 2.67. The van der Waals surface area contributed by atoms with E-state index in [-0.39, 0.29) is 28.6 Å². The summed E-state index contributed by atoms with van der Waals surface area (Å²) in [4.78, 5) is 27.8. The second-order valence-electron chi connectivity index (χ2n) is 5.78. The van der Waals surface area contributed by atoms with E-state index in [1.165, 1.54) is 18.3 Å². The van der Waals surface area contributed by atoms with Gasteiger partial charge in [0.2, 0.25) is 5.75 Å². The summed E-state index contributed by atoms with van der Waals surface area (Å²) in [6.07, 6.45) is 6.40. The predicted molar refractivity (Wildman–Crippen MR) is 114 cm³/mol. The van der Waals surface area contributed by atoms with Crippen molar-refractivity contribution in [3.8, 4) is 18.1 Å². The van der Waals surface area contributed by atoms with E-state index in [9.17, 15) is 14.9 Å². The second-order valence-corrected chi connectivity index (χ2v) is 7.11. The van der Waals surface area contributed by atoms with Gasteiger partial charge in [0, 0.05) is 16.1 Å². The fourth-order valence-corrected chi connectivity index (χ4v) is 3.22. The fourth-order valence-electron chi connectivity index (χ4n) is 2.59. The molecule has 1 aromatic heterocycles. The molecule has 0 saturated heterocycles. The predicted octanol–water partition coefficient (Wildman–Crippen LogP) is 3.92. The zero-order valence-corrected chi connectivity index (χ0v) is 17.3. The molecule has 146 valence electrons. The molecule has 8 nitrogen and oxygen atoms in total. The summed E-state index contributed by atoms with van der Waals surface area (Å²) in [5, 5.41) is 15.9. The average molecular weight is 476 g/mol. The highest BCUT2D eigenvalue weighted by molar-refractivity contribution is 9.10. The number of rotatable bonds is 5. The highest BCUT2D eigenvalue weighted by Gasteiger charge is 2.20. The smallest absolute Gasteiger partial charge is 0.313 e. The van der Waals surface area contributed by atoms with E-state index in [1.54, 1.807) is 25.1 Å². The maximum absolute atomic E-state index is 12.8. The van der Waals surface area contributed by atoms with Crippen molar-refractivity contribution < 1.29 is 9.66 Å². The first-order valence-electron chi connectivity index (χ1n) is 8.09. The van der Waals surface area contributed by atoms with Crippen LogP contribution in [-0.2, 0) is 0 Å². The molecule has 0 amide bonds. The van der Waals surface area contributed by atoms with Gasteiger partial charge in [0.25, 0.3) is 5.56 Å². The number of benzene rings is 2. The molecule has 3 aromatic rings. The number of hydrogen-bond acceptors (Lipinski definition) is 6. The van der Waals surface area contributed by atoms with Crippen molar-refractivity contribution in [1.82, 2.24) is 9.66 Å². The van der Waals surface area contributed by atoms with Gasteiger partial charge in [0.15, 0.2) is 0 Å². The van der Waals surface area contributed by atoms with Gasteiger partial charge in [0.05, 0.1) is 27.1 Å². The van der Waals surface area contributed by atoms with Crippen LogP contribution in [0.5, 0.6) is 5.75 Å². The summed E-state index contributed by atoms with van der Waals surface area (Å²) < 4.78 is 7.01. The van der Waals surface area contributed by atoms with Crippen LogP contribution in [0.15, 0.2) is 44.7 Å². The lowest BCUT2D eigenvalue weighted by atomic mass is 10.2. The molecule has 10 heteroatoms. The van der Waals surface area contributed by atoms with Gasteiger partial charge in [-0.05, 0) is 31.2 Å². The molecular formula is C19H12BrClN4O4. The number of terminal acetylenes is 1. The van der Waals surface area contributed by atoms with E-state index in [1.807, 2.05) is 0 Å². The van der Waals surface area contributed by atoms with Gasteiger partial charge in [0.1, 0.15) is 12.4 Å². The van der Waals surface area contributed by atoms with Gasteiger partial charge >= 0.3 is 5.69 Å². The normalized spacial score (nSPS) is 11.0. The number of ether oxygens (including phenoxy) is 1. The van der Waals surface area contributed by atoms with Crippen LogP contribution in [-0.4, -0.2) is 27.4 Å². The van der Waals surface area contributed by atoms with Crippen molar-refractivity contribution in [2.75, 3.05) is 6.61 Å². The van der Waals surface area contributed by atoms with Gasteiger partial charge in [-0.2, -0.15) is 9.78 Å². The van der Waals surface area contributed by atoms with Crippen LogP contribution < -0.4 is 10.3 Å². The zero-order valence-electron chi connectivity index (χ0n) is 14.9. The number of fused-ring (bicyclic) bond motifs is 1. The van der Waals surface area contributed by atoms with Crippen molar-refractivity contribution in [1.29, 1.82) is 0 Å². The topological polar surface area (TPSA) is 99.6 Å². The van der Waals surface area contributed by atoms with E-state index < -0.39 is 4.92 Å². The van der Waals surface area contributed by atoms with Gasteiger partial charge in [-0.15, -0.1) is 6.42 Å². The first-order valence-corrected chi connectivity index (χ1v) is 9.26. The highest BCUT2D eigenvalue weighted by Crippen LogP contribution is 2.35. The maximum Gasteiger partial charge on any atom is 0.313 e. The Hall–Kier alpha value is -3.22. The number of halogens is 2. The molecule has 29 heavy (non-hydrogen) atoms. The summed E-state index contributed by atoms with van der Waals surface area (Å²) in [5.74, 6) is 2.45. The number of nitro benzene ring substituents is 1. The highest BCUT2D eigenvalue weighted by atomic mass is 79.9. The van der Waals surface area contributed by atoms with Crippen LogP contribution in [0.4, 0.5) is 5.69 Å². The lowest BCUT2D eigenvalue weighted by molar-refractivity contribution is -0.385. The molecule has 0 bridgehead atoms. The van der Waals surface area contributed by atoms with Crippen LogP contribution in [0.1, 0.15) is 11.4 Å². The Labute approximate surface area is 178 Å². The molecule has 0 saturated carbocycles. The monoisotopic (exact) mass is 474 g/mol. The van der Waals surface area contributed by atoms with Crippen LogP contribution in [0, 0.1) is 29.4 Å². The number of hydrogen-bond donors (Lipinski definition) is 0. The molecule has 0 aliphatic rings. The Morgan fingerprint density at radius 3 is 2.90 bits per heavy atom. The van der Waals surface area contributed by atoms with Crippen molar-refractivity contribution in [3.05, 3.63) is 71.7 Å². The molecule has 2 aromatic carbocycles. The van der Waals surface area contributed by atoms with Crippen molar-refractivity contribution in [2.24, 2.45) is 5.10 Å². The van der Waals surface area contributed by atoms with Crippen molar-refractivity contribution >= 4 is 50.3 Å². The number of nitrogens with zero attached hydrogens (tertiary/aromatic N) is 4. The van der Waals surface area contributed by atoms with Gasteiger partial charge in [-0.1, -0.05) is 33.5 Å². The summed E-state index contributed by atoms with van der Waals surface area (Å²) in [6, 6.07) is 7.81. The molecular weight excluding hydrogens is 464 g/mol. The van der Waals surface area contributed by atoms with Crippen LogP contribution >= 0.6 is 27.5 Å². The first kappa shape index (κ1) is 20.5. The molecule has 0 atom stereocenters. The Morgan fingerprint density at radius 1 is 1.45 bits per heavy atom. The van der Waals surface area contributed by atoms with Crippen molar-refractivity contribution in [3.63, 3.8) is 0 Å². The lowest BCUT2D eigenvalue weighted by Gasteiger charge is -2.08. The molecule has 0 unspecified atom stereocenters. The summed E-state index contributed by atoms with van der Waals surface area (Å²) >= 11 is 9.43. The lowest BCUT2D eigenvalue weighted by Crippen LogP contribution is -2.20. The van der Waals surface area contributed by atoms with E-state index in [0.717, 1.165) is 9.15 Å². The Balaban J connectivity index is 2.07. The minimum Gasteiger partial charge on any atom is -0.473 e. The minimum atomic E-state index is -0.637. The van der Waals surface area contributed by atoms with E-state index in [2.05, 4.69) is 31.9 Å². The van der Waals surface area contributed by atoms with E-state index in [4.69, 9.17) is 22.8 Å². The third kappa shape index (κ3) is 4.29. The van der Waals surface area contributed by atoms with Gasteiger partial charge in [-0.3, -0.25) is 14.9 Å². The summed E-state index contributed by atoms with van der Waals surface area (Å²) in [7, 11) is 0. The molecule has 0 aliphatic carbocycles. The molecule has 3 rings (SSSR count). The third-order valence-electron chi connectivity index (χ3n) is 3.84. The summed E-state index contributed by atoms with van der Waals surface area (Å²) in [6.45, 7) is 1.47. The number of aryl methyl sites for hydroxylation is 1. The van der Waals surface area contributed by atoms with Crippen LogP contribution in [0.2, 0.25) is 5.02 Å². The van der Waals surface area contributed by atoms with Crippen LogP contribution in [0.25, 0.3) is 10.9 Å². The quantitative estimate of drug-likeness (QED) is 0.241. The van der Waals surface area contributed by atoms with Gasteiger partial charge in [-0.25, -0.2) is 4.98 Å². The number of nitro groups is 1. The Morgan fingerprint density at radius 2 is 2.21 bits per heavy atom. The number of aromatic nitrogens is 2. The third-order valence-corrected chi connectivity index (χ3v) is 4.61. The van der Waals surface area contributed by atoms with E-state index in [0.29, 0.717) is 22.3 Å². The maximum atomic E-state index is 12.8. The van der Waals surface area contributed by atoms with E-state index >= 15 is 0 Å². The first-order chi connectivity index (χ1) is 13.8.